The maximum Gasteiger partial charge on any atom is 0.0619 e. The molecule has 12 aromatic carbocycles. The lowest BCUT2D eigenvalue weighted by atomic mass is 9.97. The summed E-state index contributed by atoms with van der Waals surface area (Å²) in [6.45, 7) is 0. The molecule has 0 aliphatic carbocycles. The van der Waals surface area contributed by atoms with E-state index in [4.69, 9.17) is 0 Å². The molecule has 298 valence electrons. The normalized spacial score (nSPS) is 11.8. The molecule has 2 heteroatoms. The van der Waals surface area contributed by atoms with Crippen molar-refractivity contribution in [2.45, 2.75) is 0 Å². The highest BCUT2D eigenvalue weighted by Crippen LogP contribution is 2.42. The molecule has 13 rings (SSSR count). The molecule has 1 aromatic heterocycles. The van der Waals surface area contributed by atoms with Crippen LogP contribution < -0.4 is 4.90 Å². The van der Waals surface area contributed by atoms with Crippen molar-refractivity contribution < 1.29 is 0 Å². The van der Waals surface area contributed by atoms with Gasteiger partial charge in [0.15, 0.2) is 0 Å². The minimum Gasteiger partial charge on any atom is -0.310 e. The van der Waals surface area contributed by atoms with Crippen molar-refractivity contribution in [3.8, 4) is 27.9 Å². The van der Waals surface area contributed by atoms with Crippen molar-refractivity contribution in [1.82, 2.24) is 4.57 Å². The maximum atomic E-state index is 2.44. The summed E-state index contributed by atoms with van der Waals surface area (Å²) in [4.78, 5) is 2.39. The van der Waals surface area contributed by atoms with E-state index in [0.717, 1.165) is 22.7 Å². The molecule has 0 bridgehead atoms. The Labute approximate surface area is 371 Å². The van der Waals surface area contributed by atoms with Gasteiger partial charge in [0.05, 0.1) is 11.0 Å². The van der Waals surface area contributed by atoms with Crippen LogP contribution in [0.25, 0.3) is 104 Å². The van der Waals surface area contributed by atoms with Crippen LogP contribution in [0.5, 0.6) is 0 Å². The van der Waals surface area contributed by atoms with Crippen LogP contribution in [0, 0.1) is 0 Å². The fourth-order valence-electron chi connectivity index (χ4n) is 10.2. The highest BCUT2D eigenvalue weighted by molar-refractivity contribution is 6.19. The Bertz CT molecular complexity index is 3940. The predicted molar refractivity (Wildman–Crippen MR) is 274 cm³/mol. The third kappa shape index (κ3) is 5.88. The van der Waals surface area contributed by atoms with Gasteiger partial charge in [0, 0.05) is 38.9 Å². The van der Waals surface area contributed by atoms with Crippen LogP contribution in [-0.2, 0) is 0 Å². The number of aromatic nitrogens is 1. The third-order valence-corrected chi connectivity index (χ3v) is 13.3. The quantitative estimate of drug-likeness (QED) is 0.152. The summed E-state index contributed by atoms with van der Waals surface area (Å²) in [5, 5.41) is 15.1. The monoisotopic (exact) mass is 812 g/mol. The Morgan fingerprint density at radius 1 is 0.250 bits per heavy atom. The summed E-state index contributed by atoms with van der Waals surface area (Å²) in [5.41, 5.74) is 11.7. The molecule has 2 nitrogen and oxygen atoms in total. The number of rotatable bonds is 6. The Morgan fingerprint density at radius 3 is 1.36 bits per heavy atom. The SMILES string of the molecule is c1ccc(-n2c3cc(-c4ccc(N(c5ccc(-c6ccc7c(ccc8ccccc87)c6)cc5)c5ccc6ccc7ccccc7c6c5)cc4)ccc3c3ccc4ccccc4c32)cc1. The summed E-state index contributed by atoms with van der Waals surface area (Å²) in [7, 11) is 0. The second kappa shape index (κ2) is 14.6. The zero-order valence-electron chi connectivity index (χ0n) is 35.0. The lowest BCUT2D eigenvalue weighted by Gasteiger charge is -2.26. The average molecular weight is 813 g/mol. The van der Waals surface area contributed by atoms with Gasteiger partial charge in [0.1, 0.15) is 0 Å². The molecule has 0 aliphatic rings. The first-order valence-corrected chi connectivity index (χ1v) is 22.1. The van der Waals surface area contributed by atoms with E-state index in [1.165, 1.54) is 97.9 Å². The van der Waals surface area contributed by atoms with E-state index in [2.05, 4.69) is 252 Å². The highest BCUT2D eigenvalue weighted by atomic mass is 15.1. The van der Waals surface area contributed by atoms with Gasteiger partial charge in [-0.3, -0.25) is 0 Å². The number of anilines is 3. The van der Waals surface area contributed by atoms with E-state index in [1.807, 2.05) is 0 Å². The molecule has 0 radical (unpaired) electrons. The van der Waals surface area contributed by atoms with Gasteiger partial charge in [0.25, 0.3) is 0 Å². The highest BCUT2D eigenvalue weighted by Gasteiger charge is 2.18. The van der Waals surface area contributed by atoms with Crippen LogP contribution in [0.15, 0.2) is 243 Å². The number of benzene rings is 12. The molecule has 0 saturated carbocycles. The Hall–Kier alpha value is -8.46. The fourth-order valence-corrected chi connectivity index (χ4v) is 10.2. The van der Waals surface area contributed by atoms with E-state index in [0.29, 0.717) is 0 Å². The number of nitrogens with zero attached hydrogens (tertiary/aromatic N) is 2. The van der Waals surface area contributed by atoms with Gasteiger partial charge in [-0.2, -0.15) is 0 Å². The Morgan fingerprint density at radius 2 is 0.688 bits per heavy atom. The van der Waals surface area contributed by atoms with Crippen molar-refractivity contribution >= 4 is 92.7 Å². The summed E-state index contributed by atoms with van der Waals surface area (Å²) in [6, 6.07) is 89.1. The topological polar surface area (TPSA) is 8.17 Å². The van der Waals surface area contributed by atoms with Gasteiger partial charge in [0.2, 0.25) is 0 Å². The second-order valence-corrected chi connectivity index (χ2v) is 16.9. The molecule has 64 heavy (non-hydrogen) atoms. The number of hydrogen-bond acceptors (Lipinski definition) is 1. The van der Waals surface area contributed by atoms with Gasteiger partial charge in [-0.15, -0.1) is 0 Å². The first-order chi connectivity index (χ1) is 31.7. The van der Waals surface area contributed by atoms with E-state index in [1.54, 1.807) is 0 Å². The summed E-state index contributed by atoms with van der Waals surface area (Å²) < 4.78 is 2.44. The van der Waals surface area contributed by atoms with E-state index < -0.39 is 0 Å². The zero-order valence-corrected chi connectivity index (χ0v) is 35.0. The molecule has 0 unspecified atom stereocenters. The molecule has 13 aromatic rings. The van der Waals surface area contributed by atoms with E-state index >= 15 is 0 Å². The van der Waals surface area contributed by atoms with Crippen molar-refractivity contribution in [1.29, 1.82) is 0 Å². The zero-order chi connectivity index (χ0) is 42.1. The Kier molecular flexibility index (Phi) is 8.25. The molecular weight excluding hydrogens is 773 g/mol. The van der Waals surface area contributed by atoms with Crippen molar-refractivity contribution in [2.24, 2.45) is 0 Å². The second-order valence-electron chi connectivity index (χ2n) is 16.9. The van der Waals surface area contributed by atoms with Crippen LogP contribution in [-0.4, -0.2) is 4.57 Å². The average Bonchev–Trinajstić information content (AvgIpc) is 3.71. The smallest absolute Gasteiger partial charge is 0.0619 e. The van der Waals surface area contributed by atoms with Gasteiger partial charge in [-0.25, -0.2) is 0 Å². The first kappa shape index (κ1) is 36.2. The summed E-state index contributed by atoms with van der Waals surface area (Å²) in [5.74, 6) is 0. The molecule has 0 spiro atoms. The van der Waals surface area contributed by atoms with Gasteiger partial charge >= 0.3 is 0 Å². The minimum absolute atomic E-state index is 1.10. The summed E-state index contributed by atoms with van der Waals surface area (Å²) in [6.07, 6.45) is 0. The largest absolute Gasteiger partial charge is 0.310 e. The molecule has 0 fully saturated rings. The molecule has 0 aliphatic heterocycles. The lowest BCUT2D eigenvalue weighted by molar-refractivity contribution is 1.19. The molecule has 0 atom stereocenters. The van der Waals surface area contributed by atoms with E-state index in [9.17, 15) is 0 Å². The lowest BCUT2D eigenvalue weighted by Crippen LogP contribution is -2.09. The molecular formula is C62H40N2. The van der Waals surface area contributed by atoms with Crippen LogP contribution >= 0.6 is 0 Å². The number of fused-ring (bicyclic) bond motifs is 11. The van der Waals surface area contributed by atoms with Gasteiger partial charge in [-0.05, 0) is 131 Å². The number of para-hydroxylation sites is 1. The van der Waals surface area contributed by atoms with Gasteiger partial charge in [-0.1, -0.05) is 182 Å². The standard InChI is InChI=1S/C62H40N2/c1-2-13-50(14-3-1)64-61-39-48(29-36-58(61)59-37-27-45-12-6-9-17-57(45)62(59)64)42-24-32-52(33-25-42)63(53-34-26-46-19-18-44-11-5-8-16-55(44)60(46)40-53)51-30-22-41(23-31-51)47-28-35-56-49(38-47)21-20-43-10-4-7-15-54(43)56/h1-40H. The minimum atomic E-state index is 1.10. The number of hydrogen-bond donors (Lipinski definition) is 0. The van der Waals surface area contributed by atoms with Crippen LogP contribution in [0.3, 0.4) is 0 Å². The van der Waals surface area contributed by atoms with Crippen LogP contribution in [0.4, 0.5) is 17.1 Å². The predicted octanol–water partition coefficient (Wildman–Crippen LogP) is 17.4. The maximum absolute atomic E-state index is 2.44. The molecule has 0 saturated heterocycles. The van der Waals surface area contributed by atoms with Crippen molar-refractivity contribution in [3.05, 3.63) is 243 Å². The van der Waals surface area contributed by atoms with E-state index in [-0.39, 0.29) is 0 Å². The van der Waals surface area contributed by atoms with Crippen molar-refractivity contribution in [2.75, 3.05) is 4.90 Å². The molecule has 1 heterocycles. The van der Waals surface area contributed by atoms with Crippen LogP contribution in [0.2, 0.25) is 0 Å². The molecule has 0 N–H and O–H groups in total. The third-order valence-electron chi connectivity index (χ3n) is 13.3. The fraction of sp³-hybridized carbons (Fsp3) is 0. The van der Waals surface area contributed by atoms with Gasteiger partial charge < -0.3 is 9.47 Å². The molecule has 0 amide bonds. The van der Waals surface area contributed by atoms with Crippen molar-refractivity contribution in [3.63, 3.8) is 0 Å². The Balaban J connectivity index is 0.926. The first-order valence-electron chi connectivity index (χ1n) is 22.1. The summed E-state index contributed by atoms with van der Waals surface area (Å²) >= 11 is 0. The van der Waals surface area contributed by atoms with Crippen LogP contribution in [0.1, 0.15) is 0 Å².